The van der Waals surface area contributed by atoms with E-state index >= 15 is 0 Å². The third-order valence-corrected chi connectivity index (χ3v) is 3.81. The van der Waals surface area contributed by atoms with Crippen molar-refractivity contribution in [1.29, 1.82) is 0 Å². The summed E-state index contributed by atoms with van der Waals surface area (Å²) in [5, 5.41) is 3.08. The maximum Gasteiger partial charge on any atom is 0.253 e. The molecular formula is C18H28N2O3. The lowest BCUT2D eigenvalue weighted by atomic mass is 9.95. The monoisotopic (exact) mass is 320 g/mol. The van der Waals surface area contributed by atoms with Gasteiger partial charge in [0, 0.05) is 18.3 Å². The average molecular weight is 320 g/mol. The molecule has 23 heavy (non-hydrogen) atoms. The summed E-state index contributed by atoms with van der Waals surface area (Å²) >= 11 is 0. The molecule has 2 rings (SSSR count). The van der Waals surface area contributed by atoms with Crippen molar-refractivity contribution in [3.05, 3.63) is 23.9 Å². The molecule has 0 radical (unpaired) electrons. The maximum atomic E-state index is 12.2. The van der Waals surface area contributed by atoms with Crippen molar-refractivity contribution in [2.75, 3.05) is 13.2 Å². The first-order valence-corrected chi connectivity index (χ1v) is 8.48. The lowest BCUT2D eigenvalue weighted by molar-refractivity contribution is -0.0168. The van der Waals surface area contributed by atoms with E-state index in [0.717, 1.165) is 12.8 Å². The summed E-state index contributed by atoms with van der Waals surface area (Å²) in [5.74, 6) is 0.462. The van der Waals surface area contributed by atoms with Crippen molar-refractivity contribution >= 4 is 5.91 Å². The molecular weight excluding hydrogens is 292 g/mol. The third-order valence-electron chi connectivity index (χ3n) is 3.81. The van der Waals surface area contributed by atoms with E-state index in [-0.39, 0.29) is 11.5 Å². The number of hydrogen-bond acceptors (Lipinski definition) is 4. The van der Waals surface area contributed by atoms with Crippen molar-refractivity contribution in [2.45, 2.75) is 64.5 Å². The Bertz CT molecular complexity index is 488. The maximum absolute atomic E-state index is 12.2. The molecule has 1 saturated carbocycles. The summed E-state index contributed by atoms with van der Waals surface area (Å²) < 4.78 is 11.1. The van der Waals surface area contributed by atoms with Gasteiger partial charge in [-0.2, -0.15) is 0 Å². The Balaban J connectivity index is 1.76. The highest BCUT2D eigenvalue weighted by Crippen LogP contribution is 2.18. The van der Waals surface area contributed by atoms with Gasteiger partial charge in [-0.3, -0.25) is 4.79 Å². The van der Waals surface area contributed by atoms with Gasteiger partial charge in [0.2, 0.25) is 5.88 Å². The van der Waals surface area contributed by atoms with Crippen LogP contribution in [0.4, 0.5) is 0 Å². The fraction of sp³-hybridized carbons (Fsp3) is 0.667. The van der Waals surface area contributed by atoms with Crippen LogP contribution in [0.2, 0.25) is 0 Å². The number of ether oxygens (including phenoxy) is 2. The van der Waals surface area contributed by atoms with Crippen molar-refractivity contribution in [3.8, 4) is 5.88 Å². The highest BCUT2D eigenvalue weighted by atomic mass is 16.5. The summed E-state index contributed by atoms with van der Waals surface area (Å²) in [5.41, 5.74) is 0.409. The van der Waals surface area contributed by atoms with Gasteiger partial charge in [0.15, 0.2) is 0 Å². The first-order valence-electron chi connectivity index (χ1n) is 8.48. The number of pyridine rings is 1. The van der Waals surface area contributed by atoms with Crippen molar-refractivity contribution < 1.29 is 14.3 Å². The predicted octanol–water partition coefficient (Wildman–Crippen LogP) is 3.34. The molecule has 128 valence electrons. The van der Waals surface area contributed by atoms with E-state index in [9.17, 15) is 4.79 Å². The second-order valence-corrected chi connectivity index (χ2v) is 7.00. The Hall–Kier alpha value is -1.62. The van der Waals surface area contributed by atoms with Crippen molar-refractivity contribution in [1.82, 2.24) is 10.3 Å². The normalized spacial score (nSPS) is 16.1. The molecule has 0 atom stereocenters. The van der Waals surface area contributed by atoms with Crippen molar-refractivity contribution in [2.24, 2.45) is 0 Å². The molecule has 5 nitrogen and oxygen atoms in total. The number of carbonyl (C=O) groups excluding carboxylic acids is 1. The van der Waals surface area contributed by atoms with Crippen LogP contribution in [0.1, 0.15) is 63.2 Å². The quantitative estimate of drug-likeness (QED) is 0.817. The molecule has 1 N–H and O–H groups in total. The summed E-state index contributed by atoms with van der Waals surface area (Å²) in [7, 11) is 0. The molecule has 1 aromatic rings. The van der Waals surface area contributed by atoms with Crippen LogP contribution < -0.4 is 10.1 Å². The van der Waals surface area contributed by atoms with E-state index < -0.39 is 0 Å². The first-order chi connectivity index (χ1) is 10.9. The molecule has 1 aliphatic rings. The lowest BCUT2D eigenvalue weighted by Gasteiger charge is -2.22. The molecule has 0 spiro atoms. The highest BCUT2D eigenvalue weighted by Gasteiger charge is 2.16. The number of amides is 1. The smallest absolute Gasteiger partial charge is 0.253 e. The summed E-state index contributed by atoms with van der Waals surface area (Å²) in [4.78, 5) is 16.4. The molecule has 5 heteroatoms. The summed E-state index contributed by atoms with van der Waals surface area (Å²) in [6, 6.07) is 3.79. The molecule has 1 amide bonds. The molecule has 0 saturated heterocycles. The van der Waals surface area contributed by atoms with Gasteiger partial charge in [0.25, 0.3) is 5.91 Å². The van der Waals surface area contributed by atoms with Gasteiger partial charge in [0.1, 0.15) is 6.61 Å². The second kappa shape index (κ2) is 8.29. The Morgan fingerprint density at radius 3 is 2.57 bits per heavy atom. The third kappa shape index (κ3) is 6.57. The molecule has 0 bridgehead atoms. The van der Waals surface area contributed by atoms with Crippen LogP contribution in [0, 0.1) is 0 Å². The molecule has 0 aromatic carbocycles. The van der Waals surface area contributed by atoms with Crippen LogP contribution in [0.5, 0.6) is 5.88 Å². The second-order valence-electron chi connectivity index (χ2n) is 7.00. The Labute approximate surface area is 138 Å². The minimum atomic E-state index is -0.169. The number of nitrogens with one attached hydrogen (secondary N) is 1. The highest BCUT2D eigenvalue weighted by molar-refractivity contribution is 5.94. The van der Waals surface area contributed by atoms with Crippen LogP contribution in [-0.4, -0.2) is 35.7 Å². The average Bonchev–Trinajstić information content (AvgIpc) is 2.52. The number of aromatic nitrogens is 1. The SMILES string of the molecule is CC(C)(C)OCCOc1ccc(C(=O)NC2CCCCC2)cn1. The predicted molar refractivity (Wildman–Crippen MR) is 89.8 cm³/mol. The van der Waals surface area contributed by atoms with E-state index in [1.54, 1.807) is 18.3 Å². The Morgan fingerprint density at radius 2 is 1.96 bits per heavy atom. The fourth-order valence-electron chi connectivity index (χ4n) is 2.61. The zero-order chi connectivity index (χ0) is 16.7. The van der Waals surface area contributed by atoms with Gasteiger partial charge >= 0.3 is 0 Å². The standard InChI is InChI=1S/C18H28N2O3/c1-18(2,3)23-12-11-22-16-10-9-14(13-19-16)17(21)20-15-7-5-4-6-8-15/h9-10,13,15H,4-8,11-12H2,1-3H3,(H,20,21). The van der Waals surface area contributed by atoms with Gasteiger partial charge in [-0.25, -0.2) is 4.98 Å². The summed E-state index contributed by atoms with van der Waals surface area (Å²) in [6.07, 6.45) is 7.40. The molecule has 1 fully saturated rings. The van der Waals surface area contributed by atoms with Gasteiger partial charge in [-0.05, 0) is 39.7 Å². The number of nitrogens with zero attached hydrogens (tertiary/aromatic N) is 1. The molecule has 0 aliphatic heterocycles. The van der Waals surface area contributed by atoms with Crippen LogP contribution in [0.3, 0.4) is 0 Å². The van der Waals surface area contributed by atoms with Crippen LogP contribution >= 0.6 is 0 Å². The van der Waals surface area contributed by atoms with E-state index in [0.29, 0.717) is 30.7 Å². The van der Waals surface area contributed by atoms with Gasteiger partial charge in [0.05, 0.1) is 17.8 Å². The van der Waals surface area contributed by atoms with Crippen molar-refractivity contribution in [3.63, 3.8) is 0 Å². The van der Waals surface area contributed by atoms with E-state index in [1.807, 2.05) is 20.8 Å². The van der Waals surface area contributed by atoms with E-state index in [2.05, 4.69) is 10.3 Å². The van der Waals surface area contributed by atoms with Gasteiger partial charge < -0.3 is 14.8 Å². The zero-order valence-electron chi connectivity index (χ0n) is 14.4. The number of carbonyl (C=O) groups is 1. The molecule has 1 heterocycles. The minimum absolute atomic E-state index is 0.0491. The lowest BCUT2D eigenvalue weighted by Crippen LogP contribution is -2.36. The molecule has 1 aromatic heterocycles. The van der Waals surface area contributed by atoms with Crippen LogP contribution in [-0.2, 0) is 4.74 Å². The fourth-order valence-corrected chi connectivity index (χ4v) is 2.61. The summed E-state index contributed by atoms with van der Waals surface area (Å²) in [6.45, 7) is 6.97. The molecule has 1 aliphatic carbocycles. The topological polar surface area (TPSA) is 60.5 Å². The minimum Gasteiger partial charge on any atom is -0.475 e. The number of rotatable bonds is 6. The molecule has 0 unspecified atom stereocenters. The van der Waals surface area contributed by atoms with Crippen LogP contribution in [0.25, 0.3) is 0 Å². The van der Waals surface area contributed by atoms with Gasteiger partial charge in [-0.15, -0.1) is 0 Å². The Morgan fingerprint density at radius 1 is 1.22 bits per heavy atom. The van der Waals surface area contributed by atoms with E-state index in [4.69, 9.17) is 9.47 Å². The van der Waals surface area contributed by atoms with Crippen LogP contribution in [0.15, 0.2) is 18.3 Å². The number of hydrogen-bond donors (Lipinski definition) is 1. The first kappa shape index (κ1) is 17.7. The van der Waals surface area contributed by atoms with E-state index in [1.165, 1.54) is 19.3 Å². The largest absolute Gasteiger partial charge is 0.475 e. The zero-order valence-corrected chi connectivity index (χ0v) is 14.4. The van der Waals surface area contributed by atoms with Gasteiger partial charge in [-0.1, -0.05) is 19.3 Å². The Kier molecular flexibility index (Phi) is 6.39.